The molecular weight excluding hydrogens is 474 g/mol. The van der Waals surface area contributed by atoms with Crippen molar-refractivity contribution in [3.05, 3.63) is 72.3 Å². The maximum Gasteiger partial charge on any atom is 0.234 e. The number of aryl methyl sites for hydroxylation is 1. The molecule has 2 N–H and O–H groups in total. The minimum absolute atomic E-state index is 0.0671. The van der Waals surface area contributed by atoms with Gasteiger partial charge >= 0.3 is 0 Å². The van der Waals surface area contributed by atoms with Crippen molar-refractivity contribution < 1.29 is 4.79 Å². The zero-order valence-electron chi connectivity index (χ0n) is 19.9. The van der Waals surface area contributed by atoms with Crippen molar-refractivity contribution in [3.63, 3.8) is 0 Å². The molecule has 0 saturated heterocycles. The molecule has 8 heteroatoms. The predicted octanol–water partition coefficient (Wildman–Crippen LogP) is 7.26. The molecule has 2 aromatic heterocycles. The first-order valence-corrected chi connectivity index (χ1v) is 13.5. The quantitative estimate of drug-likeness (QED) is 0.219. The molecule has 0 radical (unpaired) electrons. The van der Waals surface area contributed by atoms with Crippen LogP contribution in [0.3, 0.4) is 0 Å². The van der Waals surface area contributed by atoms with Crippen LogP contribution in [0.4, 0.5) is 16.5 Å². The number of rotatable bonds is 8. The van der Waals surface area contributed by atoms with Gasteiger partial charge in [0.05, 0.1) is 5.75 Å². The van der Waals surface area contributed by atoms with Gasteiger partial charge in [-0.1, -0.05) is 67.3 Å². The zero-order chi connectivity index (χ0) is 24.4. The lowest BCUT2D eigenvalue weighted by Crippen LogP contribution is -2.13. The molecule has 5 rings (SSSR count). The summed E-state index contributed by atoms with van der Waals surface area (Å²) in [4.78, 5) is 12.6. The van der Waals surface area contributed by atoms with Gasteiger partial charge in [-0.25, -0.2) is 0 Å². The normalized spacial score (nSPS) is 11.4. The number of fused-ring (bicyclic) bond motifs is 3. The van der Waals surface area contributed by atoms with Crippen molar-refractivity contribution in [3.8, 4) is 0 Å². The molecule has 0 aliphatic heterocycles. The molecule has 3 aromatic carbocycles. The first-order chi connectivity index (χ1) is 17.0. The Bertz CT molecular complexity index is 1490. The van der Waals surface area contributed by atoms with Crippen LogP contribution in [0.5, 0.6) is 0 Å². The van der Waals surface area contributed by atoms with Crippen LogP contribution in [0.25, 0.3) is 21.8 Å². The largest absolute Gasteiger partial charge is 0.341 e. The van der Waals surface area contributed by atoms with E-state index >= 15 is 0 Å². The first-order valence-electron chi connectivity index (χ1n) is 11.7. The van der Waals surface area contributed by atoms with E-state index in [1.54, 1.807) is 0 Å². The van der Waals surface area contributed by atoms with Crippen LogP contribution in [0.2, 0.25) is 0 Å². The number of amides is 1. The molecule has 0 aliphatic rings. The lowest BCUT2D eigenvalue weighted by atomic mass is 10.0. The van der Waals surface area contributed by atoms with Crippen molar-refractivity contribution in [2.45, 2.75) is 37.6 Å². The molecule has 0 fully saturated rings. The number of aromatic nitrogens is 3. The van der Waals surface area contributed by atoms with E-state index in [2.05, 4.69) is 94.7 Å². The number of hydrogen-bond acceptors (Lipinski definition) is 6. The molecule has 35 heavy (non-hydrogen) atoms. The molecule has 1 amide bonds. The topological polar surface area (TPSA) is 71.8 Å². The van der Waals surface area contributed by atoms with E-state index in [4.69, 9.17) is 0 Å². The second-order valence-corrected chi connectivity index (χ2v) is 10.8. The van der Waals surface area contributed by atoms with Gasteiger partial charge in [0.25, 0.3) is 0 Å². The zero-order valence-corrected chi connectivity index (χ0v) is 21.5. The Balaban J connectivity index is 1.21. The Kier molecular flexibility index (Phi) is 6.74. The van der Waals surface area contributed by atoms with Crippen LogP contribution in [0.15, 0.2) is 71.1 Å². The van der Waals surface area contributed by atoms with Gasteiger partial charge in [0.2, 0.25) is 11.0 Å². The average molecular weight is 502 g/mol. The van der Waals surface area contributed by atoms with Gasteiger partial charge in [0.15, 0.2) is 4.34 Å². The molecule has 178 valence electrons. The van der Waals surface area contributed by atoms with Gasteiger partial charge in [0, 0.05) is 39.7 Å². The van der Waals surface area contributed by atoms with Crippen molar-refractivity contribution in [1.82, 2.24) is 14.8 Å². The van der Waals surface area contributed by atoms with Gasteiger partial charge in [-0.15, -0.1) is 10.2 Å². The highest BCUT2D eigenvalue weighted by Crippen LogP contribution is 2.32. The summed E-state index contributed by atoms with van der Waals surface area (Å²) in [5, 5.41) is 17.8. The fourth-order valence-electron chi connectivity index (χ4n) is 4.19. The molecule has 0 atom stereocenters. The van der Waals surface area contributed by atoms with E-state index in [1.165, 1.54) is 45.1 Å². The third-order valence-corrected chi connectivity index (χ3v) is 7.91. The molecule has 0 saturated carbocycles. The van der Waals surface area contributed by atoms with Gasteiger partial charge in [0.1, 0.15) is 0 Å². The van der Waals surface area contributed by atoms with Crippen LogP contribution in [0.1, 0.15) is 32.3 Å². The number of carbonyl (C=O) groups excluding carboxylic acids is 1. The molecular formula is C27H27N5OS2. The SMILES string of the molecule is CCn1c2ccccc2c2cc(NC(=O)CSc3nnc(Nc4ccc(C(C)C)cc4)s3)ccc21. The number of anilines is 3. The third kappa shape index (κ3) is 5.04. The summed E-state index contributed by atoms with van der Waals surface area (Å²) >= 11 is 2.83. The Labute approximate surface area is 212 Å². The monoisotopic (exact) mass is 501 g/mol. The minimum Gasteiger partial charge on any atom is -0.341 e. The molecule has 2 heterocycles. The van der Waals surface area contributed by atoms with E-state index < -0.39 is 0 Å². The predicted molar refractivity (Wildman–Crippen MR) is 148 cm³/mol. The van der Waals surface area contributed by atoms with Gasteiger partial charge in [-0.05, 0) is 54.8 Å². The number of thioether (sulfide) groups is 1. The molecule has 0 bridgehead atoms. The average Bonchev–Trinajstić information content (AvgIpc) is 3.44. The van der Waals surface area contributed by atoms with Crippen molar-refractivity contribution >= 4 is 67.3 Å². The Morgan fingerprint density at radius 1 is 0.971 bits per heavy atom. The third-order valence-electron chi connectivity index (χ3n) is 5.93. The maximum absolute atomic E-state index is 12.6. The minimum atomic E-state index is -0.0671. The van der Waals surface area contributed by atoms with Crippen LogP contribution in [0, 0.1) is 0 Å². The standard InChI is InChI=1S/C27H27N5OS2/c1-4-32-23-8-6-5-7-21(23)22-15-20(13-14-24(22)32)28-25(33)16-34-27-31-30-26(35-27)29-19-11-9-18(10-12-19)17(2)3/h5-15,17H,4,16H2,1-3H3,(H,28,33)(H,29,30). The smallest absolute Gasteiger partial charge is 0.234 e. The van der Waals surface area contributed by atoms with Gasteiger partial charge < -0.3 is 15.2 Å². The maximum atomic E-state index is 12.6. The number of nitrogens with one attached hydrogen (secondary N) is 2. The Morgan fingerprint density at radius 3 is 2.49 bits per heavy atom. The van der Waals surface area contributed by atoms with Crippen molar-refractivity contribution in [2.75, 3.05) is 16.4 Å². The molecule has 5 aromatic rings. The summed E-state index contributed by atoms with van der Waals surface area (Å²) in [6.45, 7) is 7.40. The molecule has 6 nitrogen and oxygen atoms in total. The molecule has 0 aliphatic carbocycles. The van der Waals surface area contributed by atoms with Crippen LogP contribution < -0.4 is 10.6 Å². The summed E-state index contributed by atoms with van der Waals surface area (Å²) in [7, 11) is 0. The fourth-order valence-corrected chi connectivity index (χ4v) is 5.76. The van der Waals surface area contributed by atoms with E-state index in [1.807, 2.05) is 18.2 Å². The summed E-state index contributed by atoms with van der Waals surface area (Å²) in [5.74, 6) is 0.702. The summed E-state index contributed by atoms with van der Waals surface area (Å²) < 4.78 is 3.05. The highest BCUT2D eigenvalue weighted by Gasteiger charge is 2.12. The number of hydrogen-bond donors (Lipinski definition) is 2. The lowest BCUT2D eigenvalue weighted by molar-refractivity contribution is -0.113. The highest BCUT2D eigenvalue weighted by molar-refractivity contribution is 8.01. The van der Waals surface area contributed by atoms with Gasteiger partial charge in [-0.2, -0.15) is 0 Å². The molecule has 0 unspecified atom stereocenters. The fraction of sp³-hybridized carbons (Fsp3) is 0.222. The van der Waals surface area contributed by atoms with Crippen LogP contribution >= 0.6 is 23.1 Å². The Morgan fingerprint density at radius 2 is 1.71 bits per heavy atom. The Hall–Kier alpha value is -3.36. The van der Waals surface area contributed by atoms with E-state index in [9.17, 15) is 4.79 Å². The first kappa shape index (κ1) is 23.4. The second-order valence-electron chi connectivity index (χ2n) is 8.61. The second kappa shape index (κ2) is 10.1. The van der Waals surface area contributed by atoms with Gasteiger partial charge in [-0.3, -0.25) is 4.79 Å². The lowest BCUT2D eigenvalue weighted by Gasteiger charge is -2.07. The number of nitrogens with zero attached hydrogens (tertiary/aromatic N) is 3. The van der Waals surface area contributed by atoms with Crippen LogP contribution in [-0.2, 0) is 11.3 Å². The number of para-hydroxylation sites is 1. The summed E-state index contributed by atoms with van der Waals surface area (Å²) in [6.07, 6.45) is 0. The van der Waals surface area contributed by atoms with E-state index in [0.29, 0.717) is 11.0 Å². The number of benzene rings is 3. The van der Waals surface area contributed by atoms with Crippen molar-refractivity contribution in [1.29, 1.82) is 0 Å². The summed E-state index contributed by atoms with van der Waals surface area (Å²) in [5.41, 5.74) is 5.45. The van der Waals surface area contributed by atoms with Crippen molar-refractivity contribution in [2.24, 2.45) is 0 Å². The van der Waals surface area contributed by atoms with Crippen LogP contribution in [-0.4, -0.2) is 26.4 Å². The highest BCUT2D eigenvalue weighted by atomic mass is 32.2. The summed E-state index contributed by atoms with van der Waals surface area (Å²) in [6, 6.07) is 22.8. The number of carbonyl (C=O) groups is 1. The van der Waals surface area contributed by atoms with E-state index in [0.717, 1.165) is 27.6 Å². The van der Waals surface area contributed by atoms with E-state index in [-0.39, 0.29) is 11.7 Å². The molecule has 0 spiro atoms.